The van der Waals surface area contributed by atoms with Crippen molar-refractivity contribution in [3.63, 3.8) is 0 Å². The third-order valence-corrected chi connectivity index (χ3v) is 7.44. The summed E-state index contributed by atoms with van der Waals surface area (Å²) in [5, 5.41) is 12.8. The first-order chi connectivity index (χ1) is 22.6. The van der Waals surface area contributed by atoms with Crippen LogP contribution in [0.2, 0.25) is 5.02 Å². The van der Waals surface area contributed by atoms with Crippen LogP contribution >= 0.6 is 11.6 Å². The van der Waals surface area contributed by atoms with Crippen LogP contribution in [0.1, 0.15) is 48.7 Å². The van der Waals surface area contributed by atoms with E-state index < -0.39 is 41.4 Å². The summed E-state index contributed by atoms with van der Waals surface area (Å²) in [6.07, 6.45) is -4.47. The standard InChI is InChI=1S/C36H32ClF4N3O4/c1-20(2)16-33(45)48-32-15-11-25(24-8-12-27(13-9-24)36(39,40)41)18-28(32)34(46)44-31(35(47)43-21(3)42)17-22-4-6-23(7-5-22)26-10-14-30(38)29(37)19-26/h4-15,18-20,31H,16-17H2,1-3H3,(H,44,46)(H2,42,43,47)/t31-/m1/s1. The number of alkyl halides is 3. The molecule has 3 N–H and O–H groups in total. The van der Waals surface area contributed by atoms with Crippen molar-refractivity contribution in [1.82, 2.24) is 10.6 Å². The van der Waals surface area contributed by atoms with Crippen LogP contribution in [0.4, 0.5) is 17.6 Å². The summed E-state index contributed by atoms with van der Waals surface area (Å²) in [6.45, 7) is 5.00. The molecule has 0 unspecified atom stereocenters. The predicted octanol–water partition coefficient (Wildman–Crippen LogP) is 8.24. The Balaban J connectivity index is 1.65. The largest absolute Gasteiger partial charge is 0.426 e. The monoisotopic (exact) mass is 681 g/mol. The van der Waals surface area contributed by atoms with Gasteiger partial charge in [-0.05, 0) is 77.1 Å². The molecular formula is C36H32ClF4N3O4. The van der Waals surface area contributed by atoms with Crippen molar-refractivity contribution in [3.05, 3.63) is 112 Å². The van der Waals surface area contributed by atoms with Gasteiger partial charge in [0.25, 0.3) is 5.91 Å². The molecule has 12 heteroatoms. The molecule has 0 saturated carbocycles. The summed E-state index contributed by atoms with van der Waals surface area (Å²) in [6, 6.07) is 18.7. The van der Waals surface area contributed by atoms with E-state index in [-0.39, 0.29) is 40.9 Å². The smallest absolute Gasteiger partial charge is 0.416 e. The number of hydrogen-bond acceptors (Lipinski definition) is 5. The SMILES string of the molecule is CC(=N)NC(=O)[C@@H](Cc1ccc(-c2ccc(F)c(Cl)c2)cc1)NC(=O)c1cc(-c2ccc(C(F)(F)F)cc2)ccc1OC(=O)CC(C)C. The fourth-order valence-electron chi connectivity index (χ4n) is 4.79. The van der Waals surface area contributed by atoms with E-state index in [1.165, 1.54) is 49.4 Å². The average molecular weight is 682 g/mol. The molecule has 2 amide bonds. The predicted molar refractivity (Wildman–Crippen MR) is 175 cm³/mol. The molecule has 0 bridgehead atoms. The molecule has 0 fully saturated rings. The van der Waals surface area contributed by atoms with Crippen LogP contribution in [-0.4, -0.2) is 29.7 Å². The van der Waals surface area contributed by atoms with E-state index in [1.54, 1.807) is 30.3 Å². The highest BCUT2D eigenvalue weighted by Gasteiger charge is 2.30. The Kier molecular flexibility index (Phi) is 11.4. The number of nitrogens with one attached hydrogen (secondary N) is 3. The summed E-state index contributed by atoms with van der Waals surface area (Å²) >= 11 is 5.92. The van der Waals surface area contributed by atoms with Gasteiger partial charge in [-0.15, -0.1) is 0 Å². The van der Waals surface area contributed by atoms with Crippen LogP contribution in [0, 0.1) is 17.1 Å². The second kappa shape index (κ2) is 15.2. The van der Waals surface area contributed by atoms with Crippen molar-refractivity contribution >= 4 is 35.2 Å². The number of carbonyl (C=O) groups excluding carboxylic acids is 3. The van der Waals surface area contributed by atoms with E-state index in [4.69, 9.17) is 21.7 Å². The topological polar surface area (TPSA) is 108 Å². The minimum Gasteiger partial charge on any atom is -0.426 e. The molecule has 0 aromatic heterocycles. The number of halogens is 5. The summed E-state index contributed by atoms with van der Waals surface area (Å²) in [7, 11) is 0. The zero-order valence-electron chi connectivity index (χ0n) is 26.2. The maximum atomic E-state index is 13.8. The van der Waals surface area contributed by atoms with Crippen LogP contribution in [0.25, 0.3) is 22.3 Å². The molecule has 0 radical (unpaired) electrons. The highest BCUT2D eigenvalue weighted by Crippen LogP contribution is 2.33. The molecule has 4 aromatic carbocycles. The zero-order chi connectivity index (χ0) is 35.2. The Morgan fingerprint density at radius 1 is 0.854 bits per heavy atom. The normalized spacial score (nSPS) is 11.9. The Morgan fingerprint density at radius 3 is 1.98 bits per heavy atom. The molecule has 250 valence electrons. The number of rotatable bonds is 10. The molecule has 0 spiro atoms. The van der Waals surface area contributed by atoms with Gasteiger partial charge in [0.15, 0.2) is 0 Å². The lowest BCUT2D eigenvalue weighted by molar-refractivity contribution is -0.137. The van der Waals surface area contributed by atoms with Gasteiger partial charge in [0.2, 0.25) is 5.91 Å². The van der Waals surface area contributed by atoms with Gasteiger partial charge in [-0.2, -0.15) is 13.2 Å². The van der Waals surface area contributed by atoms with E-state index in [0.29, 0.717) is 22.3 Å². The third-order valence-electron chi connectivity index (χ3n) is 7.15. The van der Waals surface area contributed by atoms with Crippen molar-refractivity contribution in [2.24, 2.45) is 5.92 Å². The molecule has 4 aromatic rings. The third kappa shape index (κ3) is 9.51. The quantitative estimate of drug-likeness (QED) is 0.0515. The summed E-state index contributed by atoms with van der Waals surface area (Å²) in [5.41, 5.74) is 1.80. The Labute approximate surface area is 279 Å². The molecule has 0 aliphatic carbocycles. The lowest BCUT2D eigenvalue weighted by Crippen LogP contribution is -2.49. The first-order valence-electron chi connectivity index (χ1n) is 14.8. The Bertz CT molecular complexity index is 1820. The second-order valence-electron chi connectivity index (χ2n) is 11.5. The first kappa shape index (κ1) is 35.8. The second-order valence-corrected chi connectivity index (χ2v) is 11.9. The van der Waals surface area contributed by atoms with Crippen molar-refractivity contribution in [3.8, 4) is 28.0 Å². The zero-order valence-corrected chi connectivity index (χ0v) is 26.9. The van der Waals surface area contributed by atoms with Gasteiger partial charge in [-0.1, -0.05) is 74.0 Å². The number of amides is 2. The van der Waals surface area contributed by atoms with Crippen LogP contribution < -0.4 is 15.4 Å². The van der Waals surface area contributed by atoms with Gasteiger partial charge >= 0.3 is 12.1 Å². The van der Waals surface area contributed by atoms with E-state index >= 15 is 0 Å². The molecule has 48 heavy (non-hydrogen) atoms. The first-order valence-corrected chi connectivity index (χ1v) is 15.2. The van der Waals surface area contributed by atoms with Crippen LogP contribution in [-0.2, 0) is 22.2 Å². The van der Waals surface area contributed by atoms with Gasteiger partial charge < -0.3 is 15.4 Å². The molecule has 4 rings (SSSR count). The molecule has 0 aliphatic rings. The Morgan fingerprint density at radius 2 is 1.42 bits per heavy atom. The van der Waals surface area contributed by atoms with Crippen LogP contribution in [0.5, 0.6) is 5.75 Å². The number of hydrogen-bond donors (Lipinski definition) is 3. The average Bonchev–Trinajstić information content (AvgIpc) is 3.01. The minimum atomic E-state index is -4.53. The van der Waals surface area contributed by atoms with Crippen molar-refractivity contribution in [2.45, 2.75) is 45.8 Å². The molecule has 0 heterocycles. The number of amidine groups is 1. The molecule has 0 saturated heterocycles. The molecule has 7 nitrogen and oxygen atoms in total. The minimum absolute atomic E-state index is 0.00360. The molecular weight excluding hydrogens is 650 g/mol. The van der Waals surface area contributed by atoms with E-state index in [2.05, 4.69) is 10.6 Å². The Hall–Kier alpha value is -5.03. The fraction of sp³-hybridized carbons (Fsp3) is 0.222. The number of carbonyl (C=O) groups is 3. The highest BCUT2D eigenvalue weighted by atomic mass is 35.5. The molecule has 0 aliphatic heterocycles. The summed E-state index contributed by atoms with van der Waals surface area (Å²) in [5.74, 6) is -2.92. The van der Waals surface area contributed by atoms with Gasteiger partial charge in [0.1, 0.15) is 17.6 Å². The number of esters is 1. The van der Waals surface area contributed by atoms with Gasteiger partial charge in [0.05, 0.1) is 22.0 Å². The van der Waals surface area contributed by atoms with E-state index in [1.807, 2.05) is 13.8 Å². The van der Waals surface area contributed by atoms with Crippen molar-refractivity contribution in [2.75, 3.05) is 0 Å². The lowest BCUT2D eigenvalue weighted by atomic mass is 9.99. The van der Waals surface area contributed by atoms with E-state index in [0.717, 1.165) is 17.7 Å². The summed E-state index contributed by atoms with van der Waals surface area (Å²) < 4.78 is 58.6. The molecule has 1 atom stereocenters. The van der Waals surface area contributed by atoms with Gasteiger partial charge in [-0.25, -0.2) is 4.39 Å². The van der Waals surface area contributed by atoms with Crippen LogP contribution in [0.15, 0.2) is 84.9 Å². The van der Waals surface area contributed by atoms with E-state index in [9.17, 15) is 31.9 Å². The van der Waals surface area contributed by atoms with Crippen molar-refractivity contribution in [1.29, 1.82) is 5.41 Å². The van der Waals surface area contributed by atoms with Crippen molar-refractivity contribution < 1.29 is 36.7 Å². The number of benzene rings is 4. The number of ether oxygens (including phenoxy) is 1. The maximum Gasteiger partial charge on any atom is 0.416 e. The maximum absolute atomic E-state index is 13.8. The van der Waals surface area contributed by atoms with Crippen LogP contribution in [0.3, 0.4) is 0 Å². The highest BCUT2D eigenvalue weighted by molar-refractivity contribution is 6.31. The van der Waals surface area contributed by atoms with Gasteiger partial charge in [0, 0.05) is 12.8 Å². The van der Waals surface area contributed by atoms with Gasteiger partial charge in [-0.3, -0.25) is 19.8 Å². The fourth-order valence-corrected chi connectivity index (χ4v) is 4.97. The summed E-state index contributed by atoms with van der Waals surface area (Å²) in [4.78, 5) is 39.5. The lowest BCUT2D eigenvalue weighted by Gasteiger charge is -2.20.